The summed E-state index contributed by atoms with van der Waals surface area (Å²) < 4.78 is 14.0. The minimum absolute atomic E-state index is 0.0545. The maximum atomic E-state index is 12.9. The number of thiazole rings is 1. The molecule has 1 aliphatic rings. The molecule has 8 heteroatoms. The molecular weight excluding hydrogens is 353 g/mol. The molecule has 0 radical (unpaired) electrons. The summed E-state index contributed by atoms with van der Waals surface area (Å²) in [7, 11) is 0. The first-order valence-corrected chi connectivity index (χ1v) is 9.87. The lowest BCUT2D eigenvalue weighted by molar-refractivity contribution is -0.115. The lowest BCUT2D eigenvalue weighted by Gasteiger charge is -2.01. The van der Waals surface area contributed by atoms with Crippen LogP contribution in [0.25, 0.3) is 11.3 Å². The molecule has 0 unspecified atom stereocenters. The SMILES string of the molecule is O=C(CCSC1=NCCS1)Nc1nc(-c2ccc(F)cc2)cs1. The van der Waals surface area contributed by atoms with Crippen molar-refractivity contribution in [2.45, 2.75) is 6.42 Å². The van der Waals surface area contributed by atoms with Crippen LogP contribution in [-0.2, 0) is 4.79 Å². The van der Waals surface area contributed by atoms with Crippen molar-refractivity contribution in [3.63, 3.8) is 0 Å². The summed E-state index contributed by atoms with van der Waals surface area (Å²) in [6, 6.07) is 6.14. The van der Waals surface area contributed by atoms with Crippen LogP contribution in [0.5, 0.6) is 0 Å². The van der Waals surface area contributed by atoms with E-state index in [0.717, 1.165) is 27.9 Å². The maximum absolute atomic E-state index is 12.9. The number of nitrogens with one attached hydrogen (secondary N) is 1. The highest BCUT2D eigenvalue weighted by Gasteiger charge is 2.11. The van der Waals surface area contributed by atoms with E-state index in [2.05, 4.69) is 15.3 Å². The average Bonchev–Trinajstić information content (AvgIpc) is 3.20. The van der Waals surface area contributed by atoms with Crippen LogP contribution in [0.1, 0.15) is 6.42 Å². The van der Waals surface area contributed by atoms with Crippen molar-refractivity contribution >= 4 is 50.3 Å². The number of aliphatic imine (C=N–C) groups is 1. The molecule has 1 N–H and O–H groups in total. The van der Waals surface area contributed by atoms with Crippen molar-refractivity contribution in [2.24, 2.45) is 4.99 Å². The molecule has 1 aromatic carbocycles. The normalized spacial score (nSPS) is 13.9. The summed E-state index contributed by atoms with van der Waals surface area (Å²) in [6.07, 6.45) is 0.426. The summed E-state index contributed by atoms with van der Waals surface area (Å²) in [4.78, 5) is 20.6. The summed E-state index contributed by atoms with van der Waals surface area (Å²) in [6.45, 7) is 0.879. The molecule has 0 saturated heterocycles. The number of nitrogens with zero attached hydrogens (tertiary/aromatic N) is 2. The van der Waals surface area contributed by atoms with Gasteiger partial charge in [-0.3, -0.25) is 9.79 Å². The van der Waals surface area contributed by atoms with Crippen LogP contribution in [0, 0.1) is 5.82 Å². The third kappa shape index (κ3) is 4.79. The number of aromatic nitrogens is 1. The van der Waals surface area contributed by atoms with Crippen LogP contribution in [0.15, 0.2) is 34.6 Å². The van der Waals surface area contributed by atoms with Gasteiger partial charge in [-0.15, -0.1) is 11.3 Å². The monoisotopic (exact) mass is 367 g/mol. The molecule has 120 valence electrons. The number of benzene rings is 1. The molecule has 3 rings (SSSR count). The number of rotatable bonds is 5. The smallest absolute Gasteiger partial charge is 0.226 e. The number of hydrogen-bond donors (Lipinski definition) is 1. The van der Waals surface area contributed by atoms with Crippen molar-refractivity contribution in [1.82, 2.24) is 4.98 Å². The summed E-state index contributed by atoms with van der Waals surface area (Å²) in [5.74, 6) is 1.43. The number of carbonyl (C=O) groups excluding carboxylic acids is 1. The van der Waals surface area contributed by atoms with Gasteiger partial charge in [0.15, 0.2) is 5.13 Å². The molecule has 4 nitrogen and oxygen atoms in total. The molecule has 0 atom stereocenters. The fourth-order valence-corrected chi connectivity index (χ4v) is 4.65. The first kappa shape index (κ1) is 16.5. The Bertz CT molecular complexity index is 715. The zero-order valence-electron chi connectivity index (χ0n) is 12.1. The average molecular weight is 367 g/mol. The minimum atomic E-state index is -0.278. The molecule has 1 aromatic heterocycles. The number of amides is 1. The largest absolute Gasteiger partial charge is 0.302 e. The predicted molar refractivity (Wildman–Crippen MR) is 98.0 cm³/mol. The third-order valence-electron chi connectivity index (χ3n) is 3.00. The van der Waals surface area contributed by atoms with E-state index in [1.54, 1.807) is 35.7 Å². The van der Waals surface area contributed by atoms with Gasteiger partial charge >= 0.3 is 0 Å². The molecular formula is C15H14FN3OS3. The first-order chi connectivity index (χ1) is 11.2. The summed E-state index contributed by atoms with van der Waals surface area (Å²) in [5, 5.41) is 5.21. The van der Waals surface area contributed by atoms with E-state index in [1.807, 2.05) is 5.38 Å². The molecule has 0 saturated carbocycles. The van der Waals surface area contributed by atoms with E-state index in [0.29, 0.717) is 17.3 Å². The first-order valence-electron chi connectivity index (χ1n) is 7.02. The highest BCUT2D eigenvalue weighted by atomic mass is 32.2. The Morgan fingerprint density at radius 1 is 1.35 bits per heavy atom. The van der Waals surface area contributed by atoms with Crippen molar-refractivity contribution in [3.05, 3.63) is 35.5 Å². The second-order valence-electron chi connectivity index (χ2n) is 4.69. The van der Waals surface area contributed by atoms with Crippen molar-refractivity contribution < 1.29 is 9.18 Å². The molecule has 2 heterocycles. The van der Waals surface area contributed by atoms with Crippen LogP contribution in [0.2, 0.25) is 0 Å². The fraction of sp³-hybridized carbons (Fsp3) is 0.267. The Labute approximate surface area is 146 Å². The van der Waals surface area contributed by atoms with Gasteiger partial charge in [0.05, 0.1) is 12.2 Å². The van der Waals surface area contributed by atoms with Crippen LogP contribution < -0.4 is 5.32 Å². The molecule has 2 aromatic rings. The van der Waals surface area contributed by atoms with Crippen LogP contribution in [-0.4, -0.2) is 33.3 Å². The van der Waals surface area contributed by atoms with E-state index in [1.165, 1.54) is 23.5 Å². The van der Waals surface area contributed by atoms with Gasteiger partial charge < -0.3 is 5.32 Å². The van der Waals surface area contributed by atoms with Crippen molar-refractivity contribution in [3.8, 4) is 11.3 Å². The Kier molecular flexibility index (Phi) is 5.69. The molecule has 0 bridgehead atoms. The molecule has 1 amide bonds. The van der Waals surface area contributed by atoms with E-state index in [-0.39, 0.29) is 11.7 Å². The number of carbonyl (C=O) groups is 1. The Morgan fingerprint density at radius 3 is 2.91 bits per heavy atom. The minimum Gasteiger partial charge on any atom is -0.302 e. The van der Waals surface area contributed by atoms with Crippen LogP contribution in [0.3, 0.4) is 0 Å². The topological polar surface area (TPSA) is 54.4 Å². The Morgan fingerprint density at radius 2 is 2.17 bits per heavy atom. The number of anilines is 1. The van der Waals surface area contributed by atoms with Gasteiger partial charge in [0.25, 0.3) is 0 Å². The molecule has 23 heavy (non-hydrogen) atoms. The zero-order valence-corrected chi connectivity index (χ0v) is 14.6. The van der Waals surface area contributed by atoms with E-state index >= 15 is 0 Å². The summed E-state index contributed by atoms with van der Waals surface area (Å²) in [5.41, 5.74) is 1.56. The van der Waals surface area contributed by atoms with Gasteiger partial charge in [-0.25, -0.2) is 9.37 Å². The number of thioether (sulfide) groups is 2. The fourth-order valence-electron chi connectivity index (χ4n) is 1.90. The summed E-state index contributed by atoms with van der Waals surface area (Å²) >= 11 is 4.73. The van der Waals surface area contributed by atoms with Gasteiger partial charge in [-0.2, -0.15) is 0 Å². The molecule has 0 spiro atoms. The highest BCUT2D eigenvalue weighted by molar-refractivity contribution is 8.39. The second kappa shape index (κ2) is 7.94. The molecule has 0 fully saturated rings. The number of hydrogen-bond acceptors (Lipinski definition) is 6. The van der Waals surface area contributed by atoms with E-state index in [9.17, 15) is 9.18 Å². The zero-order chi connectivity index (χ0) is 16.1. The van der Waals surface area contributed by atoms with Gasteiger partial charge in [0.1, 0.15) is 10.2 Å². The van der Waals surface area contributed by atoms with E-state index in [4.69, 9.17) is 0 Å². The van der Waals surface area contributed by atoms with Gasteiger partial charge in [0, 0.05) is 28.9 Å². The lowest BCUT2D eigenvalue weighted by Crippen LogP contribution is -2.12. The van der Waals surface area contributed by atoms with Crippen molar-refractivity contribution in [2.75, 3.05) is 23.4 Å². The van der Waals surface area contributed by atoms with Crippen LogP contribution in [0.4, 0.5) is 9.52 Å². The van der Waals surface area contributed by atoms with E-state index < -0.39 is 0 Å². The van der Waals surface area contributed by atoms with Crippen molar-refractivity contribution in [1.29, 1.82) is 0 Å². The van der Waals surface area contributed by atoms with Gasteiger partial charge in [0.2, 0.25) is 5.91 Å². The predicted octanol–water partition coefficient (Wildman–Crippen LogP) is 4.11. The number of halogens is 1. The third-order valence-corrected chi connectivity index (χ3v) is 6.01. The standard InChI is InChI=1S/C15H14FN3OS3/c16-11-3-1-10(2-4-11)12-9-23-14(18-12)19-13(20)5-7-21-15-17-6-8-22-15/h1-4,9H,5-8H2,(H,18,19,20). The lowest BCUT2D eigenvalue weighted by atomic mass is 10.2. The Hall–Kier alpha value is -1.38. The van der Waals surface area contributed by atoms with Crippen LogP contribution >= 0.6 is 34.9 Å². The van der Waals surface area contributed by atoms with Gasteiger partial charge in [-0.05, 0) is 24.3 Å². The second-order valence-corrected chi connectivity index (χ2v) is 7.97. The molecule has 1 aliphatic heterocycles. The maximum Gasteiger partial charge on any atom is 0.226 e. The quantitative estimate of drug-likeness (QED) is 0.864. The van der Waals surface area contributed by atoms with Gasteiger partial charge in [-0.1, -0.05) is 23.5 Å². The molecule has 0 aliphatic carbocycles. The Balaban J connectivity index is 1.50. The highest BCUT2D eigenvalue weighted by Crippen LogP contribution is 2.26.